The Hall–Kier alpha value is -2.40. The van der Waals surface area contributed by atoms with Crippen LogP contribution in [0.25, 0.3) is 0 Å². The summed E-state index contributed by atoms with van der Waals surface area (Å²) < 4.78 is 0. The van der Waals surface area contributed by atoms with E-state index in [1.807, 2.05) is 43.3 Å². The molecular formula is C15H18N4O. The van der Waals surface area contributed by atoms with Gasteiger partial charge in [-0.15, -0.1) is 0 Å². The number of nitrogens with zero attached hydrogens (tertiary/aromatic N) is 1. The van der Waals surface area contributed by atoms with Crippen molar-refractivity contribution >= 4 is 11.7 Å². The molecule has 1 aromatic heterocycles. The van der Waals surface area contributed by atoms with E-state index < -0.39 is 0 Å². The number of urea groups is 1. The number of hydrogen-bond donors (Lipinski definition) is 3. The Morgan fingerprint density at radius 2 is 2.05 bits per heavy atom. The van der Waals surface area contributed by atoms with E-state index in [1.165, 1.54) is 0 Å². The van der Waals surface area contributed by atoms with E-state index in [1.54, 1.807) is 12.4 Å². The molecule has 1 heterocycles. The van der Waals surface area contributed by atoms with E-state index in [0.29, 0.717) is 6.54 Å². The summed E-state index contributed by atoms with van der Waals surface area (Å²) in [7, 11) is 0. The van der Waals surface area contributed by atoms with Crippen molar-refractivity contribution in [1.29, 1.82) is 0 Å². The van der Waals surface area contributed by atoms with Crippen LogP contribution in [-0.4, -0.2) is 11.0 Å². The van der Waals surface area contributed by atoms with Crippen LogP contribution in [0.3, 0.4) is 0 Å². The molecule has 1 unspecified atom stereocenters. The van der Waals surface area contributed by atoms with Crippen LogP contribution in [0.4, 0.5) is 10.5 Å². The van der Waals surface area contributed by atoms with E-state index in [4.69, 9.17) is 5.73 Å². The average molecular weight is 270 g/mol. The molecular weight excluding hydrogens is 252 g/mol. The number of anilines is 1. The van der Waals surface area contributed by atoms with Crippen LogP contribution in [0.15, 0.2) is 48.8 Å². The second kappa shape index (κ2) is 6.68. The molecule has 2 rings (SSSR count). The predicted molar refractivity (Wildman–Crippen MR) is 79.1 cm³/mol. The molecule has 4 N–H and O–H groups in total. The number of pyridine rings is 1. The van der Waals surface area contributed by atoms with E-state index in [-0.39, 0.29) is 12.1 Å². The number of benzene rings is 1. The van der Waals surface area contributed by atoms with Gasteiger partial charge in [0.05, 0.1) is 6.04 Å². The quantitative estimate of drug-likeness (QED) is 0.798. The van der Waals surface area contributed by atoms with Crippen molar-refractivity contribution in [3.05, 3.63) is 59.9 Å². The summed E-state index contributed by atoms with van der Waals surface area (Å²) >= 11 is 0. The molecule has 2 amide bonds. The molecule has 0 saturated heterocycles. The zero-order chi connectivity index (χ0) is 14.4. The summed E-state index contributed by atoms with van der Waals surface area (Å²) in [5.74, 6) is 0. The highest BCUT2D eigenvalue weighted by Crippen LogP contribution is 2.12. The highest BCUT2D eigenvalue weighted by atomic mass is 16.2. The Balaban J connectivity index is 1.91. The zero-order valence-corrected chi connectivity index (χ0v) is 11.3. The molecule has 0 aliphatic heterocycles. The second-order valence-electron chi connectivity index (χ2n) is 4.51. The van der Waals surface area contributed by atoms with Crippen LogP contribution in [-0.2, 0) is 6.54 Å². The lowest BCUT2D eigenvalue weighted by atomic mass is 10.1. The molecule has 0 spiro atoms. The van der Waals surface area contributed by atoms with Gasteiger partial charge in [0.2, 0.25) is 0 Å². The molecule has 0 radical (unpaired) electrons. The molecule has 2 aromatic rings. The number of carbonyl (C=O) groups is 1. The third-order valence-corrected chi connectivity index (χ3v) is 2.98. The van der Waals surface area contributed by atoms with Gasteiger partial charge in [-0.1, -0.05) is 18.2 Å². The number of carbonyl (C=O) groups excluding carboxylic acids is 1. The van der Waals surface area contributed by atoms with Crippen LogP contribution in [0.1, 0.15) is 24.1 Å². The van der Waals surface area contributed by atoms with Gasteiger partial charge >= 0.3 is 6.03 Å². The second-order valence-corrected chi connectivity index (χ2v) is 4.51. The van der Waals surface area contributed by atoms with Crippen molar-refractivity contribution in [3.8, 4) is 0 Å². The lowest BCUT2D eigenvalue weighted by molar-refractivity contribution is 0.249. The third kappa shape index (κ3) is 3.80. The minimum Gasteiger partial charge on any atom is -0.331 e. The number of nitrogens with two attached hydrogens (primary N) is 1. The van der Waals surface area contributed by atoms with Crippen molar-refractivity contribution in [2.75, 3.05) is 5.32 Å². The van der Waals surface area contributed by atoms with Crippen molar-refractivity contribution < 1.29 is 4.79 Å². The average Bonchev–Trinajstić information content (AvgIpc) is 2.49. The lowest BCUT2D eigenvalue weighted by Crippen LogP contribution is -2.31. The Morgan fingerprint density at radius 3 is 2.65 bits per heavy atom. The van der Waals surface area contributed by atoms with Gasteiger partial charge in [-0.25, -0.2) is 4.79 Å². The third-order valence-electron chi connectivity index (χ3n) is 2.98. The number of amides is 2. The van der Waals surface area contributed by atoms with Gasteiger partial charge in [-0.3, -0.25) is 4.98 Å². The monoisotopic (exact) mass is 270 g/mol. The molecule has 0 bridgehead atoms. The molecule has 20 heavy (non-hydrogen) atoms. The van der Waals surface area contributed by atoms with Gasteiger partial charge in [0, 0.05) is 24.6 Å². The van der Waals surface area contributed by atoms with E-state index in [0.717, 1.165) is 16.8 Å². The van der Waals surface area contributed by atoms with E-state index in [9.17, 15) is 4.79 Å². The SMILES string of the molecule is CC(NC(=O)Nc1ccc(CN)cc1)c1cccnc1. The van der Waals surface area contributed by atoms with Crippen molar-refractivity contribution in [2.45, 2.75) is 19.5 Å². The summed E-state index contributed by atoms with van der Waals surface area (Å²) in [6.07, 6.45) is 3.44. The van der Waals surface area contributed by atoms with Crippen molar-refractivity contribution in [3.63, 3.8) is 0 Å². The summed E-state index contributed by atoms with van der Waals surface area (Å²) in [6, 6.07) is 10.9. The predicted octanol–water partition coefficient (Wildman–Crippen LogP) is 2.42. The lowest BCUT2D eigenvalue weighted by Gasteiger charge is -2.14. The number of rotatable bonds is 4. The van der Waals surface area contributed by atoms with Crippen LogP contribution in [0.2, 0.25) is 0 Å². The number of aromatic nitrogens is 1. The first-order valence-corrected chi connectivity index (χ1v) is 6.45. The van der Waals surface area contributed by atoms with Gasteiger partial charge in [-0.05, 0) is 36.2 Å². The molecule has 1 atom stereocenters. The van der Waals surface area contributed by atoms with Crippen LogP contribution in [0.5, 0.6) is 0 Å². The Kier molecular flexibility index (Phi) is 4.68. The van der Waals surface area contributed by atoms with Crippen LogP contribution in [0, 0.1) is 0 Å². The van der Waals surface area contributed by atoms with E-state index in [2.05, 4.69) is 15.6 Å². The summed E-state index contributed by atoms with van der Waals surface area (Å²) in [6.45, 7) is 2.40. The molecule has 5 nitrogen and oxygen atoms in total. The minimum absolute atomic E-state index is 0.105. The molecule has 0 fully saturated rings. The normalized spacial score (nSPS) is 11.7. The summed E-state index contributed by atoms with van der Waals surface area (Å²) in [5.41, 5.74) is 8.25. The molecule has 0 aliphatic carbocycles. The van der Waals surface area contributed by atoms with Gasteiger partial charge < -0.3 is 16.4 Å². The number of nitrogens with one attached hydrogen (secondary N) is 2. The van der Waals surface area contributed by atoms with Crippen LogP contribution < -0.4 is 16.4 Å². The van der Waals surface area contributed by atoms with Gasteiger partial charge in [0.15, 0.2) is 0 Å². The maximum Gasteiger partial charge on any atom is 0.319 e. The van der Waals surface area contributed by atoms with E-state index >= 15 is 0 Å². The fourth-order valence-electron chi connectivity index (χ4n) is 1.80. The fourth-order valence-corrected chi connectivity index (χ4v) is 1.80. The van der Waals surface area contributed by atoms with Crippen LogP contribution >= 0.6 is 0 Å². The van der Waals surface area contributed by atoms with Gasteiger partial charge in [0.1, 0.15) is 0 Å². The maximum atomic E-state index is 11.9. The molecule has 0 saturated carbocycles. The molecule has 0 aliphatic rings. The highest BCUT2D eigenvalue weighted by Gasteiger charge is 2.09. The number of hydrogen-bond acceptors (Lipinski definition) is 3. The zero-order valence-electron chi connectivity index (χ0n) is 11.3. The topological polar surface area (TPSA) is 80.0 Å². The van der Waals surface area contributed by atoms with Gasteiger partial charge in [-0.2, -0.15) is 0 Å². The molecule has 104 valence electrons. The highest BCUT2D eigenvalue weighted by molar-refractivity contribution is 5.89. The Bertz CT molecular complexity index is 554. The molecule has 1 aromatic carbocycles. The fraction of sp³-hybridized carbons (Fsp3) is 0.200. The van der Waals surface area contributed by atoms with Gasteiger partial charge in [0.25, 0.3) is 0 Å². The minimum atomic E-state index is -0.248. The van der Waals surface area contributed by atoms with Crippen molar-refractivity contribution in [1.82, 2.24) is 10.3 Å². The smallest absolute Gasteiger partial charge is 0.319 e. The first-order valence-electron chi connectivity index (χ1n) is 6.45. The first kappa shape index (κ1) is 14.0. The maximum absolute atomic E-state index is 11.9. The standard InChI is InChI=1S/C15H18N4O/c1-11(13-3-2-8-17-10-13)18-15(20)19-14-6-4-12(9-16)5-7-14/h2-8,10-11H,9,16H2,1H3,(H2,18,19,20). The molecule has 5 heteroatoms. The van der Waals surface area contributed by atoms with Crippen molar-refractivity contribution in [2.24, 2.45) is 5.73 Å². The summed E-state index contributed by atoms with van der Waals surface area (Å²) in [4.78, 5) is 15.9. The Labute approximate surface area is 118 Å². The Morgan fingerprint density at radius 1 is 1.30 bits per heavy atom. The largest absolute Gasteiger partial charge is 0.331 e. The summed E-state index contributed by atoms with van der Waals surface area (Å²) in [5, 5.41) is 5.64. The first-order chi connectivity index (χ1) is 9.69.